The number of pyridine rings is 1. The minimum absolute atomic E-state index is 0.00835. The topological polar surface area (TPSA) is 113 Å². The number of methoxy groups -OCH3 is 1. The Morgan fingerprint density at radius 1 is 1.26 bits per heavy atom. The Kier molecular flexibility index (Phi) is 10.8. The van der Waals surface area contributed by atoms with Gasteiger partial charge in [0.25, 0.3) is 5.91 Å². The van der Waals surface area contributed by atoms with Crippen molar-refractivity contribution in [3.05, 3.63) is 42.3 Å². The number of esters is 2. The molecule has 0 fully saturated rings. The number of carbonyl (C=O) groups is 3. The standard InChI is InChI=1S/C22H30N2O7/c1-7-8-15(4)11-16(5)31-18(25)12-24-21(26)19-20(17(28-6)9-10-23-19)29-13-30-22(27)14(2)3/h7-10,14,16H,1,11-13H2,2-6H3,(H,24,26)/b15-8+. The Balaban J connectivity index is 2.73. The summed E-state index contributed by atoms with van der Waals surface area (Å²) in [4.78, 5) is 40.2. The molecule has 0 aliphatic carbocycles. The summed E-state index contributed by atoms with van der Waals surface area (Å²) in [7, 11) is 1.39. The number of rotatable bonds is 12. The normalized spacial score (nSPS) is 12.0. The molecular weight excluding hydrogens is 404 g/mol. The fraction of sp³-hybridized carbons (Fsp3) is 0.455. The number of hydrogen-bond acceptors (Lipinski definition) is 8. The zero-order valence-corrected chi connectivity index (χ0v) is 18.6. The highest BCUT2D eigenvalue weighted by molar-refractivity contribution is 5.97. The highest BCUT2D eigenvalue weighted by Gasteiger charge is 2.21. The lowest BCUT2D eigenvalue weighted by Gasteiger charge is -2.15. The van der Waals surface area contributed by atoms with Crippen LogP contribution in [0.2, 0.25) is 0 Å². The Bertz CT molecular complexity index is 818. The molecule has 31 heavy (non-hydrogen) atoms. The van der Waals surface area contributed by atoms with E-state index >= 15 is 0 Å². The summed E-state index contributed by atoms with van der Waals surface area (Å²) in [5.74, 6) is -1.83. The number of nitrogens with one attached hydrogen (secondary N) is 1. The minimum Gasteiger partial charge on any atom is -0.493 e. The van der Waals surface area contributed by atoms with Gasteiger partial charge in [0, 0.05) is 18.7 Å². The van der Waals surface area contributed by atoms with Crippen LogP contribution in [0.3, 0.4) is 0 Å². The molecule has 0 aromatic carbocycles. The molecule has 1 N–H and O–H groups in total. The van der Waals surface area contributed by atoms with Crippen LogP contribution in [-0.4, -0.2) is 49.4 Å². The molecule has 0 spiro atoms. The smallest absolute Gasteiger partial charge is 0.325 e. The van der Waals surface area contributed by atoms with Gasteiger partial charge in [0.15, 0.2) is 17.2 Å². The number of amides is 1. The van der Waals surface area contributed by atoms with E-state index in [0.717, 1.165) is 5.57 Å². The van der Waals surface area contributed by atoms with Crippen molar-refractivity contribution >= 4 is 17.8 Å². The number of aromatic nitrogens is 1. The predicted octanol–water partition coefficient (Wildman–Crippen LogP) is 2.81. The van der Waals surface area contributed by atoms with Gasteiger partial charge in [0.1, 0.15) is 12.6 Å². The highest BCUT2D eigenvalue weighted by Crippen LogP contribution is 2.29. The van der Waals surface area contributed by atoms with Gasteiger partial charge in [-0.25, -0.2) is 4.98 Å². The van der Waals surface area contributed by atoms with E-state index in [1.165, 1.54) is 19.4 Å². The summed E-state index contributed by atoms with van der Waals surface area (Å²) in [6, 6.07) is 1.49. The molecule has 1 aromatic rings. The Labute approximate surface area is 182 Å². The van der Waals surface area contributed by atoms with Crippen molar-refractivity contribution in [1.29, 1.82) is 0 Å². The monoisotopic (exact) mass is 434 g/mol. The maximum Gasteiger partial charge on any atom is 0.325 e. The third kappa shape index (κ3) is 8.90. The first-order chi connectivity index (χ1) is 14.7. The fourth-order valence-electron chi connectivity index (χ4n) is 2.47. The average Bonchev–Trinajstić information content (AvgIpc) is 2.71. The van der Waals surface area contributed by atoms with Crippen LogP contribution in [0.5, 0.6) is 11.5 Å². The van der Waals surface area contributed by atoms with Crippen LogP contribution in [0, 0.1) is 5.92 Å². The summed E-state index contributed by atoms with van der Waals surface area (Å²) in [5.41, 5.74) is 0.894. The molecule has 0 aliphatic rings. The number of allylic oxidation sites excluding steroid dienone is 2. The Hall–Kier alpha value is -3.36. The van der Waals surface area contributed by atoms with Crippen LogP contribution in [0.25, 0.3) is 0 Å². The first kappa shape index (κ1) is 25.7. The van der Waals surface area contributed by atoms with Crippen molar-refractivity contribution in [2.24, 2.45) is 5.92 Å². The van der Waals surface area contributed by atoms with Gasteiger partial charge in [-0.2, -0.15) is 0 Å². The molecule has 1 atom stereocenters. The molecule has 0 aliphatic heterocycles. The molecule has 1 rings (SSSR count). The maximum atomic E-state index is 12.5. The Morgan fingerprint density at radius 3 is 2.58 bits per heavy atom. The first-order valence-electron chi connectivity index (χ1n) is 9.77. The van der Waals surface area contributed by atoms with Crippen LogP contribution in [-0.2, 0) is 19.1 Å². The van der Waals surface area contributed by atoms with Crippen LogP contribution in [0.4, 0.5) is 0 Å². The summed E-state index contributed by atoms with van der Waals surface area (Å²) in [5, 5.41) is 2.44. The van der Waals surface area contributed by atoms with E-state index in [2.05, 4.69) is 16.9 Å². The molecule has 9 heteroatoms. The van der Waals surface area contributed by atoms with Crippen LogP contribution >= 0.6 is 0 Å². The third-order valence-corrected chi connectivity index (χ3v) is 3.92. The highest BCUT2D eigenvalue weighted by atomic mass is 16.7. The van der Waals surface area contributed by atoms with Crippen molar-refractivity contribution in [3.8, 4) is 11.5 Å². The second kappa shape index (κ2) is 13.0. The van der Waals surface area contributed by atoms with Gasteiger partial charge in [-0.15, -0.1) is 0 Å². The number of hydrogen-bond donors (Lipinski definition) is 1. The second-order valence-electron chi connectivity index (χ2n) is 7.01. The molecule has 1 unspecified atom stereocenters. The second-order valence-corrected chi connectivity index (χ2v) is 7.01. The van der Waals surface area contributed by atoms with Gasteiger partial charge in [-0.3, -0.25) is 14.4 Å². The van der Waals surface area contributed by atoms with Crippen LogP contribution in [0.1, 0.15) is 44.6 Å². The number of ether oxygens (including phenoxy) is 4. The molecule has 9 nitrogen and oxygen atoms in total. The predicted molar refractivity (Wildman–Crippen MR) is 114 cm³/mol. The molecular formula is C22H30N2O7. The summed E-state index contributed by atoms with van der Waals surface area (Å²) >= 11 is 0. The van der Waals surface area contributed by atoms with E-state index in [9.17, 15) is 14.4 Å². The van der Waals surface area contributed by atoms with Crippen molar-refractivity contribution in [3.63, 3.8) is 0 Å². The molecule has 0 bridgehead atoms. The first-order valence-corrected chi connectivity index (χ1v) is 9.77. The van der Waals surface area contributed by atoms with E-state index < -0.39 is 24.6 Å². The zero-order chi connectivity index (χ0) is 23.4. The van der Waals surface area contributed by atoms with Gasteiger partial charge in [0.2, 0.25) is 6.79 Å². The van der Waals surface area contributed by atoms with Crippen molar-refractivity contribution in [1.82, 2.24) is 10.3 Å². The zero-order valence-electron chi connectivity index (χ0n) is 18.6. The molecule has 1 amide bonds. The fourth-order valence-corrected chi connectivity index (χ4v) is 2.47. The van der Waals surface area contributed by atoms with E-state index in [1.54, 1.807) is 26.8 Å². The van der Waals surface area contributed by atoms with Gasteiger partial charge in [-0.05, 0) is 13.8 Å². The van der Waals surface area contributed by atoms with Gasteiger partial charge >= 0.3 is 11.9 Å². The van der Waals surface area contributed by atoms with Gasteiger partial charge < -0.3 is 24.3 Å². The molecule has 170 valence electrons. The largest absolute Gasteiger partial charge is 0.493 e. The van der Waals surface area contributed by atoms with E-state index in [1.807, 2.05) is 13.0 Å². The quantitative estimate of drug-likeness (QED) is 0.304. The summed E-state index contributed by atoms with van der Waals surface area (Å²) in [6.45, 7) is 9.88. The molecule has 0 saturated carbocycles. The number of nitrogens with zero attached hydrogens (tertiary/aromatic N) is 1. The van der Waals surface area contributed by atoms with Crippen molar-refractivity contribution in [2.75, 3.05) is 20.4 Å². The molecule has 0 saturated heterocycles. The SMILES string of the molecule is C=C/C=C(\C)CC(C)OC(=O)CNC(=O)c1nccc(OC)c1OCOC(=O)C(C)C. The van der Waals surface area contributed by atoms with Crippen molar-refractivity contribution < 1.29 is 33.3 Å². The molecule has 1 aromatic heterocycles. The summed E-state index contributed by atoms with van der Waals surface area (Å²) < 4.78 is 20.9. The van der Waals surface area contributed by atoms with Crippen LogP contribution in [0.15, 0.2) is 36.6 Å². The van der Waals surface area contributed by atoms with Gasteiger partial charge in [0.05, 0.1) is 13.0 Å². The van der Waals surface area contributed by atoms with E-state index in [-0.39, 0.29) is 35.8 Å². The molecule has 0 radical (unpaired) electrons. The summed E-state index contributed by atoms with van der Waals surface area (Å²) in [6.07, 6.45) is 5.05. The Morgan fingerprint density at radius 2 is 1.97 bits per heavy atom. The van der Waals surface area contributed by atoms with Crippen LogP contribution < -0.4 is 14.8 Å². The van der Waals surface area contributed by atoms with E-state index in [0.29, 0.717) is 6.42 Å². The molecule has 1 heterocycles. The number of carbonyl (C=O) groups excluding carboxylic acids is 3. The maximum absolute atomic E-state index is 12.5. The lowest BCUT2D eigenvalue weighted by atomic mass is 10.1. The minimum atomic E-state index is -0.670. The van der Waals surface area contributed by atoms with Crippen molar-refractivity contribution in [2.45, 2.75) is 40.2 Å². The average molecular weight is 434 g/mol. The van der Waals surface area contributed by atoms with Gasteiger partial charge in [-0.1, -0.05) is 38.2 Å². The third-order valence-electron chi connectivity index (χ3n) is 3.92. The lowest BCUT2D eigenvalue weighted by Crippen LogP contribution is -2.33. The van der Waals surface area contributed by atoms with E-state index in [4.69, 9.17) is 18.9 Å². The lowest BCUT2D eigenvalue weighted by molar-refractivity contribution is -0.154.